The van der Waals surface area contributed by atoms with Gasteiger partial charge in [-0.05, 0) is 46.2 Å². The minimum Gasteiger partial charge on any atom is -0.381 e. The number of likely N-dealkylation sites (N-methyl/N-ethyl adjacent to an activating group) is 1. The fourth-order valence-corrected chi connectivity index (χ4v) is 2.77. The molecule has 0 radical (unpaired) electrons. The minimum atomic E-state index is 0.112. The van der Waals surface area contributed by atoms with Gasteiger partial charge in [0.1, 0.15) is 0 Å². The summed E-state index contributed by atoms with van der Waals surface area (Å²) in [4.78, 5) is 7.14. The first-order chi connectivity index (χ1) is 11.5. The van der Waals surface area contributed by atoms with Crippen LogP contribution in [0.25, 0.3) is 0 Å². The Kier molecular flexibility index (Phi) is 10.3. The van der Waals surface area contributed by atoms with Gasteiger partial charge in [-0.3, -0.25) is 4.99 Å². The molecule has 1 fully saturated rings. The molecule has 0 aromatic heterocycles. The Morgan fingerprint density at radius 2 is 1.96 bits per heavy atom. The van der Waals surface area contributed by atoms with Crippen LogP contribution in [0.3, 0.4) is 0 Å². The summed E-state index contributed by atoms with van der Waals surface area (Å²) in [5, 5.41) is 6.75. The van der Waals surface area contributed by atoms with Gasteiger partial charge in [-0.1, -0.05) is 13.8 Å². The molecule has 1 saturated heterocycles. The summed E-state index contributed by atoms with van der Waals surface area (Å²) < 4.78 is 11.1. The Morgan fingerprint density at radius 3 is 2.54 bits per heavy atom. The van der Waals surface area contributed by atoms with Crippen LogP contribution in [0.5, 0.6) is 0 Å². The maximum atomic E-state index is 5.62. The van der Waals surface area contributed by atoms with Gasteiger partial charge < -0.3 is 25.0 Å². The highest BCUT2D eigenvalue weighted by atomic mass is 16.5. The van der Waals surface area contributed by atoms with Crippen LogP contribution >= 0.6 is 0 Å². The van der Waals surface area contributed by atoms with E-state index in [2.05, 4.69) is 50.4 Å². The molecule has 1 aliphatic heterocycles. The molecule has 6 heteroatoms. The minimum absolute atomic E-state index is 0.112. The highest BCUT2D eigenvalue weighted by Gasteiger charge is 2.34. The third kappa shape index (κ3) is 7.81. The van der Waals surface area contributed by atoms with E-state index in [9.17, 15) is 0 Å². The molecule has 0 spiro atoms. The molecule has 0 amide bonds. The van der Waals surface area contributed by atoms with Crippen LogP contribution in [0.4, 0.5) is 0 Å². The first kappa shape index (κ1) is 21.2. The summed E-state index contributed by atoms with van der Waals surface area (Å²) in [6.07, 6.45) is 3.06. The predicted octanol–water partition coefficient (Wildman–Crippen LogP) is 1.72. The Balaban J connectivity index is 2.43. The highest BCUT2D eigenvalue weighted by Crippen LogP contribution is 2.26. The van der Waals surface area contributed by atoms with Crippen LogP contribution in [0.2, 0.25) is 0 Å². The van der Waals surface area contributed by atoms with E-state index in [1.165, 1.54) is 0 Å². The smallest absolute Gasteiger partial charge is 0.191 e. The first-order valence-corrected chi connectivity index (χ1v) is 9.35. The predicted molar refractivity (Wildman–Crippen MR) is 101 cm³/mol. The van der Waals surface area contributed by atoms with Gasteiger partial charge in [0, 0.05) is 45.1 Å². The number of guanidine groups is 1. The molecule has 0 aromatic carbocycles. The van der Waals surface area contributed by atoms with Crippen LogP contribution in [0.1, 0.15) is 40.0 Å². The molecule has 0 unspecified atom stereocenters. The van der Waals surface area contributed by atoms with Crippen molar-refractivity contribution in [3.63, 3.8) is 0 Å². The number of nitrogens with zero attached hydrogens (tertiary/aromatic N) is 2. The van der Waals surface area contributed by atoms with Crippen molar-refractivity contribution >= 4 is 5.96 Å². The number of nitrogens with one attached hydrogen (secondary N) is 2. The van der Waals surface area contributed by atoms with Crippen molar-refractivity contribution < 1.29 is 9.47 Å². The Hall–Kier alpha value is -0.850. The van der Waals surface area contributed by atoms with E-state index < -0.39 is 0 Å². The average Bonchev–Trinajstić information content (AvgIpc) is 2.56. The lowest BCUT2D eigenvalue weighted by Gasteiger charge is -2.41. The summed E-state index contributed by atoms with van der Waals surface area (Å²) in [5.74, 6) is 1.49. The third-order valence-corrected chi connectivity index (χ3v) is 4.46. The second-order valence-corrected chi connectivity index (χ2v) is 7.18. The largest absolute Gasteiger partial charge is 0.381 e. The quantitative estimate of drug-likeness (QED) is 0.360. The van der Waals surface area contributed by atoms with Gasteiger partial charge >= 0.3 is 0 Å². The van der Waals surface area contributed by atoms with Gasteiger partial charge in [-0.2, -0.15) is 0 Å². The molecule has 0 aromatic rings. The summed E-state index contributed by atoms with van der Waals surface area (Å²) >= 11 is 0. The topological polar surface area (TPSA) is 58.1 Å². The third-order valence-electron chi connectivity index (χ3n) is 4.46. The normalized spacial score (nSPS) is 18.2. The lowest BCUT2D eigenvalue weighted by molar-refractivity contribution is -0.00254. The molecular weight excluding hydrogens is 304 g/mol. The molecule has 1 aliphatic rings. The summed E-state index contributed by atoms with van der Waals surface area (Å²) in [6, 6.07) is 0. The second kappa shape index (κ2) is 11.7. The molecule has 1 rings (SSSR count). The van der Waals surface area contributed by atoms with E-state index >= 15 is 0 Å². The Labute approximate surface area is 148 Å². The van der Waals surface area contributed by atoms with E-state index in [0.29, 0.717) is 5.92 Å². The zero-order valence-corrected chi connectivity index (χ0v) is 16.4. The maximum absolute atomic E-state index is 5.62. The SMILES string of the molecule is CCNC(=NCC1(N(C)C)CCOCC1)NCCCOCC(C)C. The summed E-state index contributed by atoms with van der Waals surface area (Å²) in [6.45, 7) is 12.3. The van der Waals surface area contributed by atoms with E-state index in [0.717, 1.165) is 71.3 Å². The zero-order valence-electron chi connectivity index (χ0n) is 16.4. The van der Waals surface area contributed by atoms with Gasteiger partial charge in [0.15, 0.2) is 5.96 Å². The van der Waals surface area contributed by atoms with Crippen LogP contribution in [-0.4, -0.2) is 76.6 Å². The van der Waals surface area contributed by atoms with Gasteiger partial charge in [0.25, 0.3) is 0 Å². The monoisotopic (exact) mass is 342 g/mol. The maximum Gasteiger partial charge on any atom is 0.191 e. The molecule has 24 heavy (non-hydrogen) atoms. The molecule has 0 saturated carbocycles. The van der Waals surface area contributed by atoms with Crippen molar-refractivity contribution in [2.45, 2.75) is 45.6 Å². The number of aliphatic imine (C=N–C) groups is 1. The fraction of sp³-hybridized carbons (Fsp3) is 0.944. The standard InChI is InChI=1S/C18H38N4O2/c1-6-19-17(20-10-7-11-24-14-16(2)3)21-15-18(22(4)5)8-12-23-13-9-18/h16H,6-15H2,1-5H3,(H2,19,20,21). The van der Waals surface area contributed by atoms with Crippen molar-refractivity contribution in [3.8, 4) is 0 Å². The van der Waals surface area contributed by atoms with Crippen LogP contribution in [0, 0.1) is 5.92 Å². The number of hydrogen-bond acceptors (Lipinski definition) is 4. The van der Waals surface area contributed by atoms with Crippen LogP contribution in [-0.2, 0) is 9.47 Å². The lowest BCUT2D eigenvalue weighted by atomic mass is 9.89. The highest BCUT2D eigenvalue weighted by molar-refractivity contribution is 5.79. The van der Waals surface area contributed by atoms with Gasteiger partial charge in [0.05, 0.1) is 6.54 Å². The molecular formula is C18H38N4O2. The van der Waals surface area contributed by atoms with E-state index in [1.54, 1.807) is 0 Å². The van der Waals surface area contributed by atoms with E-state index in [-0.39, 0.29) is 5.54 Å². The lowest BCUT2D eigenvalue weighted by Crippen LogP contribution is -2.51. The number of hydrogen-bond donors (Lipinski definition) is 2. The Morgan fingerprint density at radius 1 is 1.25 bits per heavy atom. The molecule has 142 valence electrons. The van der Waals surface area contributed by atoms with Gasteiger partial charge in [0.2, 0.25) is 0 Å². The molecule has 0 atom stereocenters. The van der Waals surface area contributed by atoms with Gasteiger partial charge in [-0.15, -0.1) is 0 Å². The summed E-state index contributed by atoms with van der Waals surface area (Å²) in [7, 11) is 4.29. The summed E-state index contributed by atoms with van der Waals surface area (Å²) in [5.41, 5.74) is 0.112. The molecule has 0 bridgehead atoms. The van der Waals surface area contributed by atoms with Gasteiger partial charge in [-0.25, -0.2) is 0 Å². The van der Waals surface area contributed by atoms with E-state index in [1.807, 2.05) is 0 Å². The van der Waals surface area contributed by atoms with E-state index in [4.69, 9.17) is 14.5 Å². The average molecular weight is 343 g/mol. The number of rotatable bonds is 10. The Bertz CT molecular complexity index is 353. The van der Waals surface area contributed by atoms with Crippen molar-refractivity contribution in [1.82, 2.24) is 15.5 Å². The van der Waals surface area contributed by atoms with Crippen molar-refractivity contribution in [1.29, 1.82) is 0 Å². The second-order valence-electron chi connectivity index (χ2n) is 7.18. The zero-order chi connectivity index (χ0) is 17.8. The first-order valence-electron chi connectivity index (χ1n) is 9.35. The number of ether oxygens (including phenoxy) is 2. The van der Waals surface area contributed by atoms with Crippen LogP contribution in [0.15, 0.2) is 4.99 Å². The fourth-order valence-electron chi connectivity index (χ4n) is 2.77. The van der Waals surface area contributed by atoms with Crippen molar-refractivity contribution in [3.05, 3.63) is 0 Å². The molecule has 1 heterocycles. The molecule has 2 N–H and O–H groups in total. The molecule has 6 nitrogen and oxygen atoms in total. The van der Waals surface area contributed by atoms with Crippen molar-refractivity contribution in [2.75, 3.05) is 60.2 Å². The van der Waals surface area contributed by atoms with Crippen LogP contribution < -0.4 is 10.6 Å². The van der Waals surface area contributed by atoms with Crippen molar-refractivity contribution in [2.24, 2.45) is 10.9 Å². The molecule has 0 aliphatic carbocycles.